The second kappa shape index (κ2) is 10.7. The molecule has 0 spiro atoms. The number of para-hydroxylation sites is 1. The summed E-state index contributed by atoms with van der Waals surface area (Å²) in [5.74, 6) is -0.509. The Bertz CT molecular complexity index is 776. The second-order valence-corrected chi connectivity index (χ2v) is 6.97. The van der Waals surface area contributed by atoms with Gasteiger partial charge in [0.25, 0.3) is 10.1 Å². The van der Waals surface area contributed by atoms with Crippen LogP contribution in [0.1, 0.15) is 38.2 Å². The molecule has 0 fully saturated rings. The van der Waals surface area contributed by atoms with Crippen LogP contribution in [-0.4, -0.2) is 13.0 Å². The molecule has 7 heteroatoms. The van der Waals surface area contributed by atoms with E-state index in [4.69, 9.17) is 4.74 Å². The van der Waals surface area contributed by atoms with Crippen molar-refractivity contribution in [3.8, 4) is 17.2 Å². The van der Waals surface area contributed by atoms with Gasteiger partial charge in [-0.15, -0.1) is 0 Å². The van der Waals surface area contributed by atoms with Crippen molar-refractivity contribution < 1.29 is 74.2 Å². The average molecular weight is 389 g/mol. The molecule has 1 N–H and O–H groups in total. The van der Waals surface area contributed by atoms with Gasteiger partial charge in [0.2, 0.25) is 0 Å². The Morgan fingerprint density at radius 3 is 2.32 bits per heavy atom. The summed E-state index contributed by atoms with van der Waals surface area (Å²) in [5.41, 5.74) is 0.490. The van der Waals surface area contributed by atoms with Gasteiger partial charge in [-0.2, -0.15) is 8.42 Å². The van der Waals surface area contributed by atoms with Crippen molar-refractivity contribution in [1.82, 2.24) is 0 Å². The maximum absolute atomic E-state index is 12.6. The first-order valence-corrected chi connectivity index (χ1v) is 9.40. The second-order valence-electron chi connectivity index (χ2n) is 5.58. The molecule has 2 aromatic rings. The van der Waals surface area contributed by atoms with Gasteiger partial charge in [0.15, 0.2) is 0 Å². The van der Waals surface area contributed by atoms with E-state index in [1.807, 2.05) is 0 Å². The summed E-state index contributed by atoms with van der Waals surface area (Å²) in [6.07, 6.45) is 4.58. The van der Waals surface area contributed by atoms with Crippen molar-refractivity contribution in [2.24, 2.45) is 0 Å². The van der Waals surface area contributed by atoms with Crippen molar-refractivity contribution >= 4 is 10.1 Å². The summed E-state index contributed by atoms with van der Waals surface area (Å²) in [6, 6.07) is 11.1. The van der Waals surface area contributed by atoms with Crippen molar-refractivity contribution in [1.29, 1.82) is 0 Å². The van der Waals surface area contributed by atoms with Crippen LogP contribution >= 0.6 is 0 Å². The third-order valence-corrected chi connectivity index (χ3v) is 4.58. The molecule has 0 amide bonds. The molecule has 2 rings (SSSR count). The Balaban J connectivity index is 0.00000312. The van der Waals surface area contributed by atoms with Gasteiger partial charge in [-0.25, -0.2) is 0 Å². The number of hydrogen-bond acceptors (Lipinski definition) is 4. The van der Waals surface area contributed by atoms with E-state index in [2.05, 4.69) is 6.92 Å². The molecular weight excluding hydrogens is 367 g/mol. The molecule has 0 aliphatic heterocycles. The van der Waals surface area contributed by atoms with Gasteiger partial charge in [-0.1, -0.05) is 61.8 Å². The minimum absolute atomic E-state index is 0. The van der Waals surface area contributed by atoms with Crippen LogP contribution < -0.4 is 61.2 Å². The summed E-state index contributed by atoms with van der Waals surface area (Å²) in [7, 11) is -4.55. The molecule has 0 saturated heterocycles. The van der Waals surface area contributed by atoms with Crippen LogP contribution in [0.2, 0.25) is 0 Å². The molecule has 0 bridgehead atoms. The number of hydrogen-bond donors (Lipinski definition) is 1. The molecule has 0 atom stereocenters. The first-order chi connectivity index (χ1) is 11.4. The molecule has 0 unspecified atom stereocenters. The Hall–Kier alpha value is -0.414. The smallest absolute Gasteiger partial charge is 0.870 e. The zero-order chi connectivity index (χ0) is 17.6. The molecule has 0 aromatic heterocycles. The van der Waals surface area contributed by atoms with E-state index in [1.165, 1.54) is 12.1 Å². The standard InChI is InChI=1S/C18H22O5S.K/c1-2-3-4-6-9-14-12-13-16(24(20,21)22)18(17(14)19)23-15-10-7-5-8-11-15;/h5,7-8,10-13,19H,2-4,6,9H2,1H3,(H,20,21,22);/q;+1/p-1. The van der Waals surface area contributed by atoms with Gasteiger partial charge < -0.3 is 9.84 Å². The van der Waals surface area contributed by atoms with E-state index in [-0.39, 0.29) is 57.1 Å². The van der Waals surface area contributed by atoms with Crippen molar-refractivity contribution in [2.45, 2.75) is 43.9 Å². The number of aryl methyl sites for hydroxylation is 1. The van der Waals surface area contributed by atoms with Crippen LogP contribution in [0.15, 0.2) is 47.4 Å². The zero-order valence-electron chi connectivity index (χ0n) is 14.6. The van der Waals surface area contributed by atoms with Gasteiger partial charge >= 0.3 is 51.4 Å². The number of ether oxygens (including phenoxy) is 1. The summed E-state index contributed by atoms with van der Waals surface area (Å²) >= 11 is 0. The van der Waals surface area contributed by atoms with Gasteiger partial charge in [0.1, 0.15) is 16.4 Å². The van der Waals surface area contributed by atoms with E-state index in [9.17, 15) is 18.1 Å². The Morgan fingerprint density at radius 2 is 1.72 bits per heavy atom. The van der Waals surface area contributed by atoms with Gasteiger partial charge in [0.05, 0.1) is 0 Å². The molecule has 0 aliphatic rings. The molecule has 0 saturated carbocycles. The van der Waals surface area contributed by atoms with Gasteiger partial charge in [-0.05, 0) is 31.0 Å². The maximum atomic E-state index is 12.6. The predicted molar refractivity (Wildman–Crippen MR) is 90.1 cm³/mol. The molecule has 2 aromatic carbocycles. The molecule has 0 heterocycles. The molecule has 0 radical (unpaired) electrons. The summed E-state index contributed by atoms with van der Waals surface area (Å²) in [5, 5.41) is 12.6. The number of rotatable bonds is 8. The van der Waals surface area contributed by atoms with Crippen molar-refractivity contribution in [3.05, 3.63) is 48.0 Å². The van der Waals surface area contributed by atoms with Crippen LogP contribution in [0, 0.1) is 0 Å². The van der Waals surface area contributed by atoms with Crippen LogP contribution in [0.25, 0.3) is 0 Å². The number of benzene rings is 2. The van der Waals surface area contributed by atoms with Crippen molar-refractivity contribution in [2.75, 3.05) is 0 Å². The van der Waals surface area contributed by atoms with E-state index in [1.54, 1.807) is 30.3 Å². The third kappa shape index (κ3) is 6.67. The average Bonchev–Trinajstić information content (AvgIpc) is 2.54. The monoisotopic (exact) mass is 388 g/mol. The van der Waals surface area contributed by atoms with Crippen molar-refractivity contribution in [3.63, 3.8) is 0 Å². The van der Waals surface area contributed by atoms with Crippen LogP contribution in [0.4, 0.5) is 0 Å². The third-order valence-electron chi connectivity index (χ3n) is 3.70. The fourth-order valence-electron chi connectivity index (χ4n) is 2.43. The van der Waals surface area contributed by atoms with Crippen LogP contribution in [0.3, 0.4) is 0 Å². The Kier molecular flexibility index (Phi) is 9.65. The maximum Gasteiger partial charge on any atom is 1.00 e. The van der Waals surface area contributed by atoms with E-state index >= 15 is 0 Å². The quantitative estimate of drug-likeness (QED) is 0.413. The Morgan fingerprint density at radius 1 is 1.04 bits per heavy atom. The zero-order valence-corrected chi connectivity index (χ0v) is 18.5. The summed E-state index contributed by atoms with van der Waals surface area (Å²) < 4.78 is 37.9. The van der Waals surface area contributed by atoms with Gasteiger partial charge in [-0.3, -0.25) is 4.55 Å². The molecule has 0 aliphatic carbocycles. The fourth-order valence-corrected chi connectivity index (χ4v) is 3.04. The predicted octanol–water partition coefficient (Wildman–Crippen LogP) is 0.926. The minimum atomic E-state index is -4.55. The first kappa shape index (κ1) is 22.6. The molecule has 130 valence electrons. The van der Waals surface area contributed by atoms with E-state index < -0.39 is 20.8 Å². The largest absolute Gasteiger partial charge is 1.00 e. The van der Waals surface area contributed by atoms with Gasteiger partial charge in [0, 0.05) is 0 Å². The van der Waals surface area contributed by atoms with E-state index in [0.717, 1.165) is 25.7 Å². The number of unbranched alkanes of at least 4 members (excludes halogenated alkanes) is 3. The fraction of sp³-hybridized carbons (Fsp3) is 0.333. The molecular formula is C18H21KO5S. The van der Waals surface area contributed by atoms with E-state index in [0.29, 0.717) is 17.7 Å². The minimum Gasteiger partial charge on any atom is -0.870 e. The van der Waals surface area contributed by atoms with Crippen LogP contribution in [0.5, 0.6) is 17.2 Å². The molecule has 5 nitrogen and oxygen atoms in total. The first-order valence-electron chi connectivity index (χ1n) is 7.96. The topological polar surface area (TPSA) is 86.7 Å². The SMILES string of the molecule is CCCCCCc1ccc(S(=O)(=O)O)c(Oc2ccccc2)c1[O-].[K+]. The van der Waals surface area contributed by atoms with Crippen LogP contribution in [-0.2, 0) is 16.5 Å². The Labute approximate surface area is 191 Å². The summed E-state index contributed by atoms with van der Waals surface area (Å²) in [6.45, 7) is 2.10. The summed E-state index contributed by atoms with van der Waals surface area (Å²) in [4.78, 5) is -0.506. The molecule has 25 heavy (non-hydrogen) atoms. The normalized spacial score (nSPS) is 11.0.